The molecule has 0 aromatic heterocycles. The van der Waals surface area contributed by atoms with Crippen LogP contribution in [0.4, 0.5) is 18.0 Å². The Labute approximate surface area is 106 Å². The third kappa shape index (κ3) is 5.14. The fraction of sp³-hybridized carbons (Fsp3) is 0.917. The maximum absolute atomic E-state index is 12.1. The van der Waals surface area contributed by atoms with Crippen LogP contribution in [0.1, 0.15) is 39.5 Å². The molecule has 1 fully saturated rings. The molecule has 3 nitrogen and oxygen atoms in total. The van der Waals surface area contributed by atoms with Gasteiger partial charge in [-0.05, 0) is 18.8 Å². The van der Waals surface area contributed by atoms with Crippen LogP contribution < -0.4 is 5.32 Å². The first-order chi connectivity index (χ1) is 8.29. The minimum absolute atomic E-state index is 0.0978. The van der Waals surface area contributed by atoms with Crippen LogP contribution in [0.5, 0.6) is 0 Å². The zero-order valence-corrected chi connectivity index (χ0v) is 10.9. The van der Waals surface area contributed by atoms with E-state index in [1.807, 2.05) is 19.2 Å². The van der Waals surface area contributed by atoms with Gasteiger partial charge in [0, 0.05) is 12.6 Å². The van der Waals surface area contributed by atoms with Crippen molar-refractivity contribution in [3.8, 4) is 0 Å². The van der Waals surface area contributed by atoms with Gasteiger partial charge in [0.2, 0.25) is 0 Å². The molecule has 1 aliphatic carbocycles. The van der Waals surface area contributed by atoms with Crippen LogP contribution in [0.3, 0.4) is 0 Å². The first-order valence-corrected chi connectivity index (χ1v) is 6.41. The van der Waals surface area contributed by atoms with Gasteiger partial charge in [0.1, 0.15) is 6.54 Å². The number of nitrogens with zero attached hydrogens (tertiary/aromatic N) is 1. The largest absolute Gasteiger partial charge is 0.405 e. The Morgan fingerprint density at radius 1 is 1.33 bits per heavy atom. The van der Waals surface area contributed by atoms with Crippen molar-refractivity contribution in [2.24, 2.45) is 5.92 Å². The second-order valence-corrected chi connectivity index (χ2v) is 5.26. The lowest BCUT2D eigenvalue weighted by atomic mass is 10.1. The first-order valence-electron chi connectivity index (χ1n) is 6.41. The van der Waals surface area contributed by atoms with Gasteiger partial charge in [-0.2, -0.15) is 13.2 Å². The molecule has 0 radical (unpaired) electrons. The summed E-state index contributed by atoms with van der Waals surface area (Å²) in [6, 6.07) is -0.492. The van der Waals surface area contributed by atoms with E-state index in [-0.39, 0.29) is 12.0 Å². The maximum atomic E-state index is 12.1. The number of hydrogen-bond acceptors (Lipinski definition) is 1. The molecule has 6 heteroatoms. The molecule has 1 aliphatic rings. The lowest BCUT2D eigenvalue weighted by molar-refractivity contribution is -0.123. The second-order valence-electron chi connectivity index (χ2n) is 5.26. The van der Waals surface area contributed by atoms with Gasteiger partial charge in [-0.1, -0.05) is 26.7 Å². The minimum Gasteiger partial charge on any atom is -0.329 e. The van der Waals surface area contributed by atoms with Crippen LogP contribution in [-0.4, -0.2) is 36.2 Å². The summed E-state index contributed by atoms with van der Waals surface area (Å²) in [6.07, 6.45) is -0.467. The van der Waals surface area contributed by atoms with Gasteiger partial charge < -0.3 is 10.2 Å². The quantitative estimate of drug-likeness (QED) is 0.833. The average molecular weight is 266 g/mol. The number of carbonyl (C=O) groups excluding carboxylic acids is 1. The molecular weight excluding hydrogens is 245 g/mol. The second kappa shape index (κ2) is 6.29. The number of nitrogens with one attached hydrogen (secondary N) is 1. The molecular formula is C12H21F3N2O. The summed E-state index contributed by atoms with van der Waals surface area (Å²) >= 11 is 0. The minimum atomic E-state index is -4.35. The zero-order chi connectivity index (χ0) is 13.8. The number of amides is 2. The summed E-state index contributed by atoms with van der Waals surface area (Å²) in [7, 11) is 0. The summed E-state index contributed by atoms with van der Waals surface area (Å²) in [5.74, 6) is 0.252. The molecule has 0 saturated heterocycles. The highest BCUT2D eigenvalue weighted by atomic mass is 19.4. The standard InChI is InChI=1S/C12H21F3N2O/c1-9(2)7-17(10-5-3-4-6-10)11(18)16-8-12(13,14)15/h9-10H,3-8H2,1-2H3,(H,16,18). The number of alkyl halides is 3. The van der Waals surface area contributed by atoms with Crippen molar-refractivity contribution in [2.45, 2.75) is 51.7 Å². The molecule has 0 aromatic rings. The monoisotopic (exact) mass is 266 g/mol. The Balaban J connectivity index is 2.55. The van der Waals surface area contributed by atoms with E-state index in [4.69, 9.17) is 0 Å². The SMILES string of the molecule is CC(C)CN(C(=O)NCC(F)(F)F)C1CCCC1. The van der Waals surface area contributed by atoms with Gasteiger partial charge >= 0.3 is 12.2 Å². The highest BCUT2D eigenvalue weighted by Gasteiger charge is 2.31. The zero-order valence-electron chi connectivity index (χ0n) is 10.9. The summed E-state index contributed by atoms with van der Waals surface area (Å²) in [6.45, 7) is 3.17. The topological polar surface area (TPSA) is 32.3 Å². The summed E-state index contributed by atoms with van der Waals surface area (Å²) in [5.41, 5.74) is 0. The van der Waals surface area contributed by atoms with Crippen LogP contribution in [-0.2, 0) is 0 Å². The number of hydrogen-bond donors (Lipinski definition) is 1. The van der Waals surface area contributed by atoms with Crippen molar-refractivity contribution >= 4 is 6.03 Å². The lowest BCUT2D eigenvalue weighted by Gasteiger charge is -2.30. The van der Waals surface area contributed by atoms with Crippen molar-refractivity contribution in [2.75, 3.05) is 13.1 Å². The van der Waals surface area contributed by atoms with Crippen molar-refractivity contribution in [3.63, 3.8) is 0 Å². The van der Waals surface area contributed by atoms with E-state index >= 15 is 0 Å². The van der Waals surface area contributed by atoms with Crippen LogP contribution in [0.15, 0.2) is 0 Å². The Morgan fingerprint density at radius 3 is 2.33 bits per heavy atom. The van der Waals surface area contributed by atoms with Crippen LogP contribution in [0, 0.1) is 5.92 Å². The maximum Gasteiger partial charge on any atom is 0.405 e. The molecule has 0 aliphatic heterocycles. The van der Waals surface area contributed by atoms with Crippen molar-refractivity contribution in [1.82, 2.24) is 10.2 Å². The van der Waals surface area contributed by atoms with E-state index in [9.17, 15) is 18.0 Å². The molecule has 0 aromatic carbocycles. The fourth-order valence-corrected chi connectivity index (χ4v) is 2.28. The molecule has 2 amide bonds. The number of rotatable bonds is 4. The fourth-order valence-electron chi connectivity index (χ4n) is 2.28. The molecule has 0 spiro atoms. The van der Waals surface area contributed by atoms with Gasteiger partial charge in [0.05, 0.1) is 0 Å². The molecule has 1 rings (SSSR count). The van der Waals surface area contributed by atoms with Crippen molar-refractivity contribution < 1.29 is 18.0 Å². The molecule has 106 valence electrons. The Bertz CT molecular complexity index is 273. The summed E-state index contributed by atoms with van der Waals surface area (Å²) in [4.78, 5) is 13.4. The van der Waals surface area contributed by atoms with E-state index in [2.05, 4.69) is 0 Å². The van der Waals surface area contributed by atoms with Gasteiger partial charge in [-0.25, -0.2) is 4.79 Å². The molecule has 0 unspecified atom stereocenters. The van der Waals surface area contributed by atoms with Gasteiger partial charge in [-0.15, -0.1) is 0 Å². The number of urea groups is 1. The van der Waals surface area contributed by atoms with Gasteiger partial charge in [-0.3, -0.25) is 0 Å². The van der Waals surface area contributed by atoms with E-state index in [0.29, 0.717) is 6.54 Å². The Hall–Kier alpha value is -0.940. The predicted molar refractivity (Wildman–Crippen MR) is 63.3 cm³/mol. The number of halogens is 3. The smallest absolute Gasteiger partial charge is 0.329 e. The normalized spacial score (nSPS) is 17.2. The summed E-state index contributed by atoms with van der Waals surface area (Å²) < 4.78 is 36.3. The molecule has 1 saturated carbocycles. The Morgan fingerprint density at radius 2 is 1.89 bits per heavy atom. The van der Waals surface area contributed by atoms with Crippen LogP contribution in [0.2, 0.25) is 0 Å². The van der Waals surface area contributed by atoms with Crippen molar-refractivity contribution in [1.29, 1.82) is 0 Å². The summed E-state index contributed by atoms with van der Waals surface area (Å²) in [5, 5.41) is 1.97. The first kappa shape index (κ1) is 15.1. The average Bonchev–Trinajstić information content (AvgIpc) is 2.74. The van der Waals surface area contributed by atoms with E-state index in [0.717, 1.165) is 25.7 Å². The third-order valence-electron chi connectivity index (χ3n) is 3.03. The highest BCUT2D eigenvalue weighted by molar-refractivity contribution is 5.74. The lowest BCUT2D eigenvalue weighted by Crippen LogP contribution is -2.49. The highest BCUT2D eigenvalue weighted by Crippen LogP contribution is 2.24. The predicted octanol–water partition coefficient (Wildman–Crippen LogP) is 3.16. The van der Waals surface area contributed by atoms with E-state index in [1.165, 1.54) is 0 Å². The van der Waals surface area contributed by atoms with Gasteiger partial charge in [0.25, 0.3) is 0 Å². The van der Waals surface area contributed by atoms with Gasteiger partial charge in [0.15, 0.2) is 0 Å². The van der Waals surface area contributed by atoms with E-state index < -0.39 is 18.8 Å². The van der Waals surface area contributed by atoms with E-state index in [1.54, 1.807) is 4.90 Å². The Kier molecular flexibility index (Phi) is 5.28. The molecule has 18 heavy (non-hydrogen) atoms. The molecule has 1 N–H and O–H groups in total. The number of carbonyl (C=O) groups is 1. The molecule has 0 heterocycles. The van der Waals surface area contributed by atoms with Crippen LogP contribution in [0.25, 0.3) is 0 Å². The van der Waals surface area contributed by atoms with Crippen molar-refractivity contribution in [3.05, 3.63) is 0 Å². The third-order valence-corrected chi connectivity index (χ3v) is 3.03. The van der Waals surface area contributed by atoms with Crippen LogP contribution >= 0.6 is 0 Å². The molecule has 0 atom stereocenters. The molecule has 0 bridgehead atoms.